The van der Waals surface area contributed by atoms with Gasteiger partial charge in [-0.2, -0.15) is 0 Å². The van der Waals surface area contributed by atoms with E-state index in [1.165, 1.54) is 49.3 Å². The molecule has 2 heterocycles. The van der Waals surface area contributed by atoms with Crippen molar-refractivity contribution in [1.29, 1.82) is 0 Å². The van der Waals surface area contributed by atoms with Gasteiger partial charge in [-0.25, -0.2) is 0 Å². The van der Waals surface area contributed by atoms with Crippen molar-refractivity contribution in [3.63, 3.8) is 0 Å². The maximum atomic E-state index is 6.25. The first-order valence-electron chi connectivity index (χ1n) is 20.8. The predicted octanol–water partition coefficient (Wildman–Crippen LogP) is 16.3. The Bertz CT molecular complexity index is 3520. The molecule has 0 aliphatic rings. The maximum Gasteiger partial charge on any atom is 0.136 e. The van der Waals surface area contributed by atoms with Crippen LogP contribution in [0.2, 0.25) is 0 Å². The number of aromatic nitrogens is 1. The highest BCUT2D eigenvalue weighted by molar-refractivity contribution is 6.09. The standard InChI is InChI=1S/C58H38N2O/c1-2-11-43-36-45(21-20-39(43)10-1)41-24-31-48(32-25-41)59(49-33-26-42(27-34-49)46-28-35-54-53-16-5-8-19-57(53)61-58(54)38-46)47-29-22-40(23-30-47)44-12-9-13-50(37-44)60-55-17-6-3-14-51(55)52-15-4-7-18-56(52)60/h1-38H. The summed E-state index contributed by atoms with van der Waals surface area (Å²) in [5.74, 6) is 0. The molecule has 3 heteroatoms. The number of hydrogen-bond donors (Lipinski definition) is 0. The fraction of sp³-hybridized carbons (Fsp3) is 0. The van der Waals surface area contributed by atoms with E-state index in [2.05, 4.69) is 228 Å². The summed E-state index contributed by atoms with van der Waals surface area (Å²) in [5.41, 5.74) is 15.6. The van der Waals surface area contributed by atoms with Gasteiger partial charge in [0, 0.05) is 44.3 Å². The summed E-state index contributed by atoms with van der Waals surface area (Å²) in [5, 5.41) is 7.29. The molecule has 0 saturated heterocycles. The van der Waals surface area contributed by atoms with E-state index >= 15 is 0 Å². The zero-order chi connectivity index (χ0) is 40.3. The van der Waals surface area contributed by atoms with E-state index in [0.717, 1.165) is 61.4 Å². The van der Waals surface area contributed by atoms with Gasteiger partial charge in [0.15, 0.2) is 0 Å². The predicted molar refractivity (Wildman–Crippen MR) is 257 cm³/mol. The van der Waals surface area contributed by atoms with Crippen molar-refractivity contribution in [3.8, 4) is 39.1 Å². The summed E-state index contributed by atoms with van der Waals surface area (Å²) in [7, 11) is 0. The molecule has 286 valence electrons. The molecule has 0 N–H and O–H groups in total. The maximum absolute atomic E-state index is 6.25. The smallest absolute Gasteiger partial charge is 0.136 e. The largest absolute Gasteiger partial charge is 0.456 e. The SMILES string of the molecule is c1cc(-c2ccc(N(c3ccc(-c4ccc5ccccc5c4)cc3)c3ccc(-c4ccc5c(c4)oc4ccccc45)cc3)cc2)cc(-n2c3ccccc3c3ccccc32)c1. The summed E-state index contributed by atoms with van der Waals surface area (Å²) in [4.78, 5) is 2.34. The van der Waals surface area contributed by atoms with Crippen LogP contribution in [0.25, 0.3) is 93.6 Å². The van der Waals surface area contributed by atoms with E-state index in [4.69, 9.17) is 4.42 Å². The molecular weight excluding hydrogens is 741 g/mol. The van der Waals surface area contributed by atoms with Crippen LogP contribution in [0, 0.1) is 0 Å². The molecule has 0 aliphatic carbocycles. The lowest BCUT2D eigenvalue weighted by molar-refractivity contribution is 0.669. The number of rotatable bonds is 7. The Kier molecular flexibility index (Phi) is 8.17. The molecule has 0 saturated carbocycles. The molecule has 0 atom stereocenters. The fourth-order valence-electron chi connectivity index (χ4n) is 9.16. The number of para-hydroxylation sites is 3. The van der Waals surface area contributed by atoms with Crippen molar-refractivity contribution >= 4 is 71.6 Å². The third kappa shape index (κ3) is 6.06. The highest BCUT2D eigenvalue weighted by Gasteiger charge is 2.16. The van der Waals surface area contributed by atoms with Gasteiger partial charge >= 0.3 is 0 Å². The van der Waals surface area contributed by atoms with E-state index in [-0.39, 0.29) is 0 Å². The van der Waals surface area contributed by atoms with E-state index in [1.807, 2.05) is 12.1 Å². The zero-order valence-electron chi connectivity index (χ0n) is 33.2. The second-order valence-electron chi connectivity index (χ2n) is 15.8. The minimum absolute atomic E-state index is 0.900. The van der Waals surface area contributed by atoms with Crippen LogP contribution in [0.15, 0.2) is 235 Å². The number of anilines is 3. The summed E-state index contributed by atoms with van der Waals surface area (Å²) < 4.78 is 8.63. The van der Waals surface area contributed by atoms with Gasteiger partial charge in [-0.1, -0.05) is 146 Å². The molecule has 0 spiro atoms. The normalized spacial score (nSPS) is 11.6. The second-order valence-corrected chi connectivity index (χ2v) is 15.8. The average Bonchev–Trinajstić information content (AvgIpc) is 3.88. The van der Waals surface area contributed by atoms with Crippen molar-refractivity contribution < 1.29 is 4.42 Å². The van der Waals surface area contributed by atoms with Gasteiger partial charge in [0.2, 0.25) is 0 Å². The Balaban J connectivity index is 0.912. The van der Waals surface area contributed by atoms with Crippen molar-refractivity contribution in [1.82, 2.24) is 4.57 Å². The van der Waals surface area contributed by atoms with Crippen LogP contribution in [0.3, 0.4) is 0 Å². The second kappa shape index (κ2) is 14.3. The van der Waals surface area contributed by atoms with Crippen LogP contribution in [0.5, 0.6) is 0 Å². The number of hydrogen-bond acceptors (Lipinski definition) is 2. The van der Waals surface area contributed by atoms with Crippen LogP contribution in [-0.2, 0) is 0 Å². The lowest BCUT2D eigenvalue weighted by Gasteiger charge is -2.26. The Hall–Kier alpha value is -8.14. The van der Waals surface area contributed by atoms with Crippen molar-refractivity contribution in [2.24, 2.45) is 0 Å². The van der Waals surface area contributed by atoms with Crippen molar-refractivity contribution in [3.05, 3.63) is 231 Å². The van der Waals surface area contributed by atoms with Crippen LogP contribution in [0.1, 0.15) is 0 Å². The lowest BCUT2D eigenvalue weighted by atomic mass is 10.0. The van der Waals surface area contributed by atoms with E-state index in [9.17, 15) is 0 Å². The van der Waals surface area contributed by atoms with E-state index < -0.39 is 0 Å². The van der Waals surface area contributed by atoms with Crippen LogP contribution in [-0.4, -0.2) is 4.57 Å². The monoisotopic (exact) mass is 778 g/mol. The van der Waals surface area contributed by atoms with Crippen LogP contribution >= 0.6 is 0 Å². The van der Waals surface area contributed by atoms with Gasteiger partial charge in [-0.15, -0.1) is 0 Å². The molecule has 3 nitrogen and oxygen atoms in total. The molecule has 0 radical (unpaired) electrons. The molecule has 0 bridgehead atoms. The van der Waals surface area contributed by atoms with Gasteiger partial charge in [-0.05, 0) is 129 Å². The summed E-state index contributed by atoms with van der Waals surface area (Å²) in [6, 6.07) is 83.0. The Morgan fingerprint density at radius 2 is 0.770 bits per heavy atom. The van der Waals surface area contributed by atoms with E-state index in [0.29, 0.717) is 0 Å². The highest BCUT2D eigenvalue weighted by Crippen LogP contribution is 2.40. The minimum Gasteiger partial charge on any atom is -0.456 e. The third-order valence-electron chi connectivity index (χ3n) is 12.2. The number of furan rings is 1. The van der Waals surface area contributed by atoms with Crippen LogP contribution in [0.4, 0.5) is 17.1 Å². The first-order valence-corrected chi connectivity index (χ1v) is 20.8. The number of fused-ring (bicyclic) bond motifs is 7. The molecule has 2 aromatic heterocycles. The van der Waals surface area contributed by atoms with Crippen LogP contribution < -0.4 is 4.90 Å². The summed E-state index contributed by atoms with van der Waals surface area (Å²) in [6.07, 6.45) is 0. The quantitative estimate of drug-likeness (QED) is 0.161. The minimum atomic E-state index is 0.900. The molecule has 12 aromatic rings. The highest BCUT2D eigenvalue weighted by atomic mass is 16.3. The van der Waals surface area contributed by atoms with Gasteiger partial charge in [-0.3, -0.25) is 0 Å². The number of benzene rings is 10. The first kappa shape index (κ1) is 34.9. The molecule has 10 aromatic carbocycles. The van der Waals surface area contributed by atoms with Gasteiger partial charge in [0.1, 0.15) is 11.2 Å². The topological polar surface area (TPSA) is 21.3 Å². The summed E-state index contributed by atoms with van der Waals surface area (Å²) >= 11 is 0. The van der Waals surface area contributed by atoms with Gasteiger partial charge < -0.3 is 13.9 Å². The van der Waals surface area contributed by atoms with Gasteiger partial charge in [0.25, 0.3) is 0 Å². The third-order valence-corrected chi connectivity index (χ3v) is 12.2. The summed E-state index contributed by atoms with van der Waals surface area (Å²) in [6.45, 7) is 0. The lowest BCUT2D eigenvalue weighted by Crippen LogP contribution is -2.09. The number of nitrogens with zero attached hydrogens (tertiary/aromatic N) is 2. The molecule has 0 fully saturated rings. The molecular formula is C58H38N2O. The first-order chi connectivity index (χ1) is 30.2. The molecule has 0 amide bonds. The molecule has 0 aliphatic heterocycles. The molecule has 12 rings (SSSR count). The van der Waals surface area contributed by atoms with Crippen molar-refractivity contribution in [2.75, 3.05) is 4.90 Å². The molecule has 0 unspecified atom stereocenters. The Labute approximate surface area is 353 Å². The Morgan fingerprint density at radius 3 is 1.41 bits per heavy atom. The Morgan fingerprint density at radius 1 is 0.295 bits per heavy atom. The molecule has 61 heavy (non-hydrogen) atoms. The zero-order valence-corrected chi connectivity index (χ0v) is 33.2. The average molecular weight is 779 g/mol. The fourth-order valence-corrected chi connectivity index (χ4v) is 9.16. The van der Waals surface area contributed by atoms with Gasteiger partial charge in [0.05, 0.1) is 11.0 Å². The van der Waals surface area contributed by atoms with Crippen molar-refractivity contribution in [2.45, 2.75) is 0 Å². The van der Waals surface area contributed by atoms with E-state index in [1.54, 1.807) is 0 Å².